The van der Waals surface area contributed by atoms with E-state index in [0.717, 1.165) is 51.4 Å². The Balaban J connectivity index is 1.55. The minimum Gasteiger partial charge on any atom is -0.481 e. The number of fused-ring (bicyclic) bond motifs is 7. The van der Waals surface area contributed by atoms with E-state index in [2.05, 4.69) is 47.6 Å². The molecular weight excluding hydrogens is 396 g/mol. The number of hydrogen-bond donors (Lipinski definition) is 2. The molecule has 5 aliphatic carbocycles. The molecule has 5 unspecified atom stereocenters. The van der Waals surface area contributed by atoms with Gasteiger partial charge in [0.15, 0.2) is 0 Å². The van der Waals surface area contributed by atoms with Gasteiger partial charge in [0, 0.05) is 0 Å². The quantitative estimate of drug-likeness (QED) is 0.437. The number of rotatable bonds is 1. The molecule has 4 saturated carbocycles. The van der Waals surface area contributed by atoms with E-state index < -0.39 is 11.4 Å². The van der Waals surface area contributed by atoms with Gasteiger partial charge in [-0.05, 0) is 110 Å². The van der Waals surface area contributed by atoms with Crippen LogP contribution in [0.15, 0.2) is 11.6 Å². The van der Waals surface area contributed by atoms with Gasteiger partial charge in [-0.1, -0.05) is 53.2 Å². The highest BCUT2D eigenvalue weighted by molar-refractivity contribution is 5.76. The van der Waals surface area contributed by atoms with Crippen LogP contribution in [0.2, 0.25) is 0 Å². The lowest BCUT2D eigenvalue weighted by atomic mass is 9.37. The van der Waals surface area contributed by atoms with Crippen molar-refractivity contribution in [2.24, 2.45) is 50.7 Å². The molecule has 8 atom stereocenters. The van der Waals surface area contributed by atoms with E-state index in [-0.39, 0.29) is 33.7 Å². The summed E-state index contributed by atoms with van der Waals surface area (Å²) >= 11 is 0. The van der Waals surface area contributed by atoms with Crippen molar-refractivity contribution >= 4 is 5.97 Å². The van der Waals surface area contributed by atoms with Crippen LogP contribution in [0.5, 0.6) is 0 Å². The molecule has 2 N–H and O–H groups in total. The standard InChI is InChI=1S/C29H46O3/c1-25(2)15-16-29(24(31)32)14-9-19-18(20(29)17-25)7-8-22-27(19,5)12-10-21-26(3,4)23(30)11-13-28(21,22)6/h7,19-23,30H,8-17H2,1-6H3,(H,31,32)/t19?,20?,21?,22?,23-,27?,28-,29+/m0/s1. The van der Waals surface area contributed by atoms with Crippen molar-refractivity contribution in [3.63, 3.8) is 0 Å². The summed E-state index contributed by atoms with van der Waals surface area (Å²) in [6.45, 7) is 14.4. The number of aliphatic hydroxyl groups excluding tert-OH is 1. The predicted octanol–water partition coefficient (Wildman–Crippen LogP) is 6.84. The Morgan fingerprint density at radius 1 is 0.844 bits per heavy atom. The van der Waals surface area contributed by atoms with E-state index in [9.17, 15) is 15.0 Å². The summed E-state index contributed by atoms with van der Waals surface area (Å²) in [6, 6.07) is 0. The van der Waals surface area contributed by atoms with Gasteiger partial charge in [0.2, 0.25) is 0 Å². The summed E-state index contributed by atoms with van der Waals surface area (Å²) in [5.74, 6) is 1.43. The van der Waals surface area contributed by atoms with Crippen LogP contribution >= 0.6 is 0 Å². The Morgan fingerprint density at radius 3 is 2.22 bits per heavy atom. The molecule has 0 bridgehead atoms. The van der Waals surface area contributed by atoms with Gasteiger partial charge in [0.1, 0.15) is 0 Å². The van der Waals surface area contributed by atoms with Gasteiger partial charge in [-0.15, -0.1) is 0 Å². The molecule has 3 nitrogen and oxygen atoms in total. The maximum atomic E-state index is 12.6. The zero-order valence-electron chi connectivity index (χ0n) is 21.3. The Labute approximate surface area is 195 Å². The van der Waals surface area contributed by atoms with Crippen molar-refractivity contribution in [1.82, 2.24) is 0 Å². The van der Waals surface area contributed by atoms with Gasteiger partial charge in [0.25, 0.3) is 0 Å². The van der Waals surface area contributed by atoms with Gasteiger partial charge in [-0.25, -0.2) is 0 Å². The molecular formula is C29H46O3. The van der Waals surface area contributed by atoms with Crippen LogP contribution in [-0.2, 0) is 4.79 Å². The Morgan fingerprint density at radius 2 is 1.53 bits per heavy atom. The van der Waals surface area contributed by atoms with Crippen molar-refractivity contribution < 1.29 is 15.0 Å². The second-order valence-electron chi connectivity index (χ2n) is 14.4. The summed E-state index contributed by atoms with van der Waals surface area (Å²) in [5, 5.41) is 21.2. The molecule has 5 rings (SSSR count). The molecule has 5 aliphatic rings. The third-order valence-corrected chi connectivity index (χ3v) is 12.2. The van der Waals surface area contributed by atoms with Crippen LogP contribution in [0, 0.1) is 50.7 Å². The molecule has 0 aliphatic heterocycles. The van der Waals surface area contributed by atoms with Crippen LogP contribution in [0.25, 0.3) is 0 Å². The first-order valence-corrected chi connectivity index (χ1v) is 13.4. The Hall–Kier alpha value is -0.830. The minimum absolute atomic E-state index is 0.0171. The lowest BCUT2D eigenvalue weighted by Crippen LogP contribution is -2.62. The number of carboxylic acids is 1. The van der Waals surface area contributed by atoms with Crippen LogP contribution < -0.4 is 0 Å². The smallest absolute Gasteiger partial charge is 0.310 e. The first-order valence-electron chi connectivity index (χ1n) is 13.4. The molecule has 32 heavy (non-hydrogen) atoms. The first-order chi connectivity index (χ1) is 14.8. The number of allylic oxidation sites excluding steroid dienone is 2. The second-order valence-corrected chi connectivity index (χ2v) is 14.4. The highest BCUT2D eigenvalue weighted by Crippen LogP contribution is 2.72. The van der Waals surface area contributed by atoms with Crippen LogP contribution in [-0.4, -0.2) is 22.3 Å². The number of carbonyl (C=O) groups is 1. The number of aliphatic hydroxyl groups is 1. The molecule has 0 saturated heterocycles. The maximum absolute atomic E-state index is 12.6. The zero-order chi connectivity index (χ0) is 23.3. The lowest BCUT2D eigenvalue weighted by molar-refractivity contribution is -0.188. The zero-order valence-corrected chi connectivity index (χ0v) is 21.3. The van der Waals surface area contributed by atoms with E-state index >= 15 is 0 Å². The second kappa shape index (κ2) is 6.86. The molecule has 180 valence electrons. The summed E-state index contributed by atoms with van der Waals surface area (Å²) in [6.07, 6.45) is 12.8. The highest BCUT2D eigenvalue weighted by atomic mass is 16.4. The van der Waals surface area contributed by atoms with Gasteiger partial charge < -0.3 is 10.2 Å². The fourth-order valence-electron chi connectivity index (χ4n) is 10.3. The normalized spacial score (nSPS) is 51.3. The molecule has 0 aromatic carbocycles. The fourth-order valence-corrected chi connectivity index (χ4v) is 10.3. The van der Waals surface area contributed by atoms with E-state index in [1.807, 2.05) is 0 Å². The molecule has 0 heterocycles. The van der Waals surface area contributed by atoms with Crippen LogP contribution in [0.4, 0.5) is 0 Å². The average molecular weight is 443 g/mol. The fraction of sp³-hybridized carbons (Fsp3) is 0.897. The van der Waals surface area contributed by atoms with E-state index in [4.69, 9.17) is 0 Å². The van der Waals surface area contributed by atoms with Gasteiger partial charge in [-0.3, -0.25) is 4.79 Å². The minimum atomic E-state index is -0.539. The predicted molar refractivity (Wildman–Crippen MR) is 128 cm³/mol. The van der Waals surface area contributed by atoms with E-state index in [0.29, 0.717) is 17.8 Å². The summed E-state index contributed by atoms with van der Waals surface area (Å²) < 4.78 is 0. The monoisotopic (exact) mass is 442 g/mol. The first kappa shape index (κ1) is 22.9. The van der Waals surface area contributed by atoms with Crippen LogP contribution in [0.3, 0.4) is 0 Å². The maximum Gasteiger partial charge on any atom is 0.310 e. The molecule has 0 aromatic rings. The summed E-state index contributed by atoms with van der Waals surface area (Å²) in [7, 11) is 0. The molecule has 0 amide bonds. The van der Waals surface area contributed by atoms with Crippen molar-refractivity contribution in [2.45, 2.75) is 112 Å². The summed E-state index contributed by atoms with van der Waals surface area (Å²) in [4.78, 5) is 12.6. The van der Waals surface area contributed by atoms with Gasteiger partial charge in [0.05, 0.1) is 11.5 Å². The molecule has 0 aromatic heterocycles. The molecule has 0 spiro atoms. The molecule has 4 fully saturated rings. The van der Waals surface area contributed by atoms with Crippen molar-refractivity contribution in [2.75, 3.05) is 0 Å². The average Bonchev–Trinajstić information content (AvgIpc) is 2.70. The highest BCUT2D eigenvalue weighted by Gasteiger charge is 2.65. The number of carboxylic acid groups (broad SMARTS) is 1. The van der Waals surface area contributed by atoms with Crippen LogP contribution in [0.1, 0.15) is 106 Å². The molecule has 3 heteroatoms. The Bertz CT molecular complexity index is 839. The SMILES string of the molecule is CC1(C)CC[C@]2(C(=O)O)CCC3C(=CCC4C3(C)CCC3C(C)(C)[C@@H](O)CC[C@]43C)C2C1. The van der Waals surface area contributed by atoms with E-state index in [1.54, 1.807) is 0 Å². The van der Waals surface area contributed by atoms with E-state index in [1.165, 1.54) is 18.4 Å². The summed E-state index contributed by atoms with van der Waals surface area (Å²) in [5.41, 5.74) is 1.75. The van der Waals surface area contributed by atoms with Gasteiger partial charge in [-0.2, -0.15) is 0 Å². The number of hydrogen-bond acceptors (Lipinski definition) is 2. The third kappa shape index (κ3) is 2.85. The van der Waals surface area contributed by atoms with Crippen molar-refractivity contribution in [1.29, 1.82) is 0 Å². The Kier molecular flexibility index (Phi) is 4.92. The van der Waals surface area contributed by atoms with Gasteiger partial charge >= 0.3 is 5.97 Å². The largest absolute Gasteiger partial charge is 0.481 e. The lowest BCUT2D eigenvalue weighted by Gasteiger charge is -2.68. The van der Waals surface area contributed by atoms with Crippen molar-refractivity contribution in [3.05, 3.63) is 11.6 Å². The molecule has 0 radical (unpaired) electrons. The van der Waals surface area contributed by atoms with Crippen molar-refractivity contribution in [3.8, 4) is 0 Å². The number of aliphatic carboxylic acids is 1. The topological polar surface area (TPSA) is 57.5 Å². The third-order valence-electron chi connectivity index (χ3n) is 12.2.